The van der Waals surface area contributed by atoms with Crippen LogP contribution >= 0.6 is 11.3 Å². The van der Waals surface area contributed by atoms with Crippen molar-refractivity contribution in [2.75, 3.05) is 18.4 Å². The van der Waals surface area contributed by atoms with Crippen molar-refractivity contribution < 1.29 is 4.74 Å². The Labute approximate surface area is 228 Å². The van der Waals surface area contributed by atoms with Crippen molar-refractivity contribution in [2.45, 2.75) is 46.1 Å². The lowest BCUT2D eigenvalue weighted by Gasteiger charge is -2.27. The molecule has 0 unspecified atom stereocenters. The van der Waals surface area contributed by atoms with Crippen LogP contribution in [0, 0.1) is 0 Å². The number of aromatic amines is 1. The van der Waals surface area contributed by atoms with Crippen LogP contribution in [-0.2, 0) is 4.74 Å². The lowest BCUT2D eigenvalue weighted by Crippen LogP contribution is -2.32. The molecule has 8 nitrogen and oxygen atoms in total. The third kappa shape index (κ3) is 7.14. The lowest BCUT2D eigenvalue weighted by atomic mass is 9.97. The quantitative estimate of drug-likeness (QED) is 0.329. The van der Waals surface area contributed by atoms with Crippen LogP contribution in [0.5, 0.6) is 0 Å². The molecule has 3 heterocycles. The number of aliphatic imine (C=N–C) groups is 1. The third-order valence-electron chi connectivity index (χ3n) is 5.80. The summed E-state index contributed by atoms with van der Waals surface area (Å²) in [6.07, 6.45) is 12.8. The Morgan fingerprint density at radius 1 is 1.18 bits per heavy atom. The van der Waals surface area contributed by atoms with Gasteiger partial charge in [0.05, 0.1) is 11.3 Å². The molecule has 9 heteroatoms. The summed E-state index contributed by atoms with van der Waals surface area (Å²) in [5, 5.41) is 16.4. The largest absolute Gasteiger partial charge is 0.490 e. The number of rotatable bonds is 7. The van der Waals surface area contributed by atoms with Crippen molar-refractivity contribution in [3.63, 3.8) is 0 Å². The van der Waals surface area contributed by atoms with Crippen molar-refractivity contribution >= 4 is 28.3 Å². The zero-order chi connectivity index (χ0) is 26.7. The van der Waals surface area contributed by atoms with E-state index in [1.807, 2.05) is 54.9 Å². The van der Waals surface area contributed by atoms with Gasteiger partial charge < -0.3 is 15.4 Å². The molecule has 1 aliphatic heterocycles. The summed E-state index contributed by atoms with van der Waals surface area (Å²) in [6, 6.07) is 7.86. The van der Waals surface area contributed by atoms with E-state index in [1.54, 1.807) is 11.3 Å². The standard InChI is InChI=1S/C26H27N7OS.C3H8/c1-3-18-14-22(26-28-12-13-35-26)24(34-21-8-10-27-11-9-21)15-23(18)32-17(2)31-20-6-4-19(5-7-20)25-29-16-30-33-25;1-3-2/h3-7,12-16,21,27,31H,2,8-11H2,1H3,(H,29,30,33);3H2,1-2H3/b18-3-,32-23-;. The number of ether oxygens (including phenoxy) is 1. The van der Waals surface area contributed by atoms with E-state index >= 15 is 0 Å². The van der Waals surface area contributed by atoms with Gasteiger partial charge in [-0.2, -0.15) is 5.10 Å². The Morgan fingerprint density at radius 2 is 1.95 bits per heavy atom. The second-order valence-electron chi connectivity index (χ2n) is 8.90. The third-order valence-corrected chi connectivity index (χ3v) is 6.61. The molecular formula is C29H35N7OS. The Bertz CT molecular complexity index is 1300. The van der Waals surface area contributed by atoms with Crippen LogP contribution in [0.3, 0.4) is 0 Å². The first kappa shape index (κ1) is 27.2. The highest BCUT2D eigenvalue weighted by molar-refractivity contribution is 7.10. The van der Waals surface area contributed by atoms with Crippen LogP contribution in [0.15, 0.2) is 89.1 Å². The highest BCUT2D eigenvalue weighted by Crippen LogP contribution is 2.33. The Kier molecular flexibility index (Phi) is 9.77. The van der Waals surface area contributed by atoms with Crippen LogP contribution in [0.1, 0.15) is 45.0 Å². The van der Waals surface area contributed by atoms with Gasteiger partial charge in [0.1, 0.15) is 29.0 Å². The molecule has 3 aromatic rings. The molecule has 38 heavy (non-hydrogen) atoms. The molecule has 1 aromatic carbocycles. The molecule has 1 aliphatic carbocycles. The fourth-order valence-corrected chi connectivity index (χ4v) is 4.68. The molecular weight excluding hydrogens is 494 g/mol. The maximum Gasteiger partial charge on any atom is 0.155 e. The number of piperidine rings is 1. The smallest absolute Gasteiger partial charge is 0.155 e. The van der Waals surface area contributed by atoms with Gasteiger partial charge in [-0.3, -0.25) is 5.10 Å². The average Bonchev–Trinajstić information content (AvgIpc) is 3.66. The first-order valence-corrected chi connectivity index (χ1v) is 13.9. The summed E-state index contributed by atoms with van der Waals surface area (Å²) < 4.78 is 6.49. The van der Waals surface area contributed by atoms with E-state index in [0.717, 1.165) is 70.6 Å². The van der Waals surface area contributed by atoms with Crippen LogP contribution < -0.4 is 10.6 Å². The molecule has 2 aliphatic rings. The number of thiazole rings is 1. The van der Waals surface area contributed by atoms with E-state index in [4.69, 9.17) is 9.73 Å². The van der Waals surface area contributed by atoms with Gasteiger partial charge in [-0.25, -0.2) is 15.0 Å². The molecule has 0 bridgehead atoms. The van der Waals surface area contributed by atoms with E-state index in [9.17, 15) is 0 Å². The van der Waals surface area contributed by atoms with Gasteiger partial charge in [0.15, 0.2) is 5.82 Å². The highest BCUT2D eigenvalue weighted by Gasteiger charge is 2.24. The van der Waals surface area contributed by atoms with Gasteiger partial charge in [-0.1, -0.05) is 32.9 Å². The average molecular weight is 530 g/mol. The second-order valence-corrected chi connectivity index (χ2v) is 9.80. The predicted molar refractivity (Wildman–Crippen MR) is 157 cm³/mol. The van der Waals surface area contributed by atoms with Crippen molar-refractivity contribution in [2.24, 2.45) is 4.99 Å². The SMILES string of the molecule is C=C(/N=C1/C=C(OC2CCNCC2)C(c2nccs2)=C/C1=C/C)Nc1ccc(-c2ncn[nH]2)cc1.CCC. The summed E-state index contributed by atoms with van der Waals surface area (Å²) in [4.78, 5) is 13.5. The second kappa shape index (κ2) is 13.6. The monoisotopic (exact) mass is 529 g/mol. The number of hydrogen-bond acceptors (Lipinski definition) is 8. The number of aromatic nitrogens is 4. The van der Waals surface area contributed by atoms with Crippen molar-refractivity contribution in [1.82, 2.24) is 25.5 Å². The zero-order valence-corrected chi connectivity index (χ0v) is 23.0. The highest BCUT2D eigenvalue weighted by atomic mass is 32.1. The minimum atomic E-state index is 0.170. The number of benzene rings is 1. The van der Waals surface area contributed by atoms with E-state index in [-0.39, 0.29) is 6.10 Å². The van der Waals surface area contributed by atoms with Crippen molar-refractivity contribution in [3.8, 4) is 11.4 Å². The lowest BCUT2D eigenvalue weighted by molar-refractivity contribution is 0.0983. The molecule has 0 radical (unpaired) electrons. The molecule has 1 saturated heterocycles. The Hall–Kier alpha value is -3.82. The summed E-state index contributed by atoms with van der Waals surface area (Å²) in [5.41, 5.74) is 4.63. The molecule has 0 atom stereocenters. The zero-order valence-electron chi connectivity index (χ0n) is 22.2. The topological polar surface area (TPSA) is 100 Å². The van der Waals surface area contributed by atoms with E-state index < -0.39 is 0 Å². The van der Waals surface area contributed by atoms with Crippen LogP contribution in [0.25, 0.3) is 17.0 Å². The van der Waals surface area contributed by atoms with Gasteiger partial charge in [0.25, 0.3) is 0 Å². The fraction of sp³-hybridized carbons (Fsp3) is 0.310. The minimum absolute atomic E-state index is 0.170. The van der Waals surface area contributed by atoms with E-state index in [2.05, 4.69) is 57.3 Å². The maximum atomic E-state index is 6.49. The molecule has 0 saturated carbocycles. The van der Waals surface area contributed by atoms with Gasteiger partial charge in [-0.05, 0) is 68.8 Å². The number of H-pyrrole nitrogens is 1. The van der Waals surface area contributed by atoms with Gasteiger partial charge in [-0.15, -0.1) is 11.3 Å². The van der Waals surface area contributed by atoms with Crippen molar-refractivity contribution in [3.05, 3.63) is 89.1 Å². The first-order valence-electron chi connectivity index (χ1n) is 13.0. The molecule has 5 rings (SSSR count). The molecule has 198 valence electrons. The van der Waals surface area contributed by atoms with E-state index in [0.29, 0.717) is 5.82 Å². The molecule has 3 N–H and O–H groups in total. The molecule has 2 aromatic heterocycles. The molecule has 0 spiro atoms. The van der Waals surface area contributed by atoms with Crippen LogP contribution in [0.4, 0.5) is 5.69 Å². The number of anilines is 1. The first-order chi connectivity index (χ1) is 18.6. The summed E-state index contributed by atoms with van der Waals surface area (Å²) in [6.45, 7) is 12.3. The van der Waals surface area contributed by atoms with Gasteiger partial charge >= 0.3 is 0 Å². The summed E-state index contributed by atoms with van der Waals surface area (Å²) >= 11 is 1.60. The van der Waals surface area contributed by atoms with Crippen LogP contribution in [0.2, 0.25) is 0 Å². The Morgan fingerprint density at radius 3 is 2.58 bits per heavy atom. The van der Waals surface area contributed by atoms with E-state index in [1.165, 1.54) is 12.7 Å². The number of allylic oxidation sites excluding steroid dienone is 5. The normalized spacial score (nSPS) is 17.9. The van der Waals surface area contributed by atoms with Gasteiger partial charge in [0, 0.05) is 28.9 Å². The Balaban J connectivity index is 0.00000107. The predicted octanol–water partition coefficient (Wildman–Crippen LogP) is 6.36. The number of nitrogens with zero attached hydrogens (tertiary/aromatic N) is 4. The summed E-state index contributed by atoms with van der Waals surface area (Å²) in [7, 11) is 0. The van der Waals surface area contributed by atoms with Crippen LogP contribution in [-0.4, -0.2) is 45.1 Å². The fourth-order valence-electron chi connectivity index (χ4n) is 4.02. The number of hydrogen-bond donors (Lipinski definition) is 3. The molecule has 1 fully saturated rings. The van der Waals surface area contributed by atoms with Gasteiger partial charge in [0.2, 0.25) is 0 Å². The minimum Gasteiger partial charge on any atom is -0.490 e. The number of nitrogens with one attached hydrogen (secondary N) is 3. The van der Waals surface area contributed by atoms with Crippen molar-refractivity contribution in [1.29, 1.82) is 0 Å². The summed E-state index contributed by atoms with van der Waals surface area (Å²) in [5.74, 6) is 2.07. The molecule has 0 amide bonds. The maximum absolute atomic E-state index is 6.49.